The van der Waals surface area contributed by atoms with E-state index in [-0.39, 0.29) is 16.6 Å². The third-order valence-electron chi connectivity index (χ3n) is 1.56. The summed E-state index contributed by atoms with van der Waals surface area (Å²) in [6.07, 6.45) is 2.75. The third kappa shape index (κ3) is 1.23. The first-order valence-electron chi connectivity index (χ1n) is 3.41. The molecule has 0 saturated carbocycles. The molecule has 1 N–H and O–H groups in total. The number of imidazole rings is 1. The van der Waals surface area contributed by atoms with Gasteiger partial charge in [-0.05, 0) is 6.07 Å². The Labute approximate surface area is 77.6 Å². The molecule has 0 radical (unpaired) electrons. The Morgan fingerprint density at radius 2 is 2.38 bits per heavy atom. The van der Waals surface area contributed by atoms with Crippen LogP contribution < -0.4 is 0 Å². The van der Waals surface area contributed by atoms with Crippen LogP contribution in [-0.2, 0) is 0 Å². The minimum atomic E-state index is -1.04. The SMILES string of the molecule is O=C(O)c1cnc2nc(Cl)ccn12. The van der Waals surface area contributed by atoms with E-state index in [0.29, 0.717) is 0 Å². The smallest absolute Gasteiger partial charge is 0.354 e. The van der Waals surface area contributed by atoms with Crippen LogP contribution in [0.1, 0.15) is 10.5 Å². The maximum Gasteiger partial charge on any atom is 0.354 e. The van der Waals surface area contributed by atoms with Crippen molar-refractivity contribution < 1.29 is 9.90 Å². The lowest BCUT2D eigenvalue weighted by molar-refractivity contribution is 0.0689. The summed E-state index contributed by atoms with van der Waals surface area (Å²) < 4.78 is 1.36. The van der Waals surface area contributed by atoms with E-state index in [9.17, 15) is 4.79 Å². The van der Waals surface area contributed by atoms with Crippen LogP contribution in [0.5, 0.6) is 0 Å². The fraction of sp³-hybridized carbons (Fsp3) is 0. The van der Waals surface area contributed by atoms with E-state index in [2.05, 4.69) is 9.97 Å². The Kier molecular flexibility index (Phi) is 1.66. The monoisotopic (exact) mass is 197 g/mol. The Morgan fingerprint density at radius 1 is 1.62 bits per heavy atom. The molecular formula is C7H4ClN3O2. The quantitative estimate of drug-likeness (QED) is 0.695. The van der Waals surface area contributed by atoms with E-state index in [0.717, 1.165) is 0 Å². The lowest BCUT2D eigenvalue weighted by Crippen LogP contribution is -2.01. The maximum atomic E-state index is 10.6. The minimum absolute atomic E-state index is 0.0687. The summed E-state index contributed by atoms with van der Waals surface area (Å²) in [6.45, 7) is 0. The number of carboxylic acid groups (broad SMARTS) is 1. The van der Waals surface area contributed by atoms with Crippen LogP contribution in [0.2, 0.25) is 5.15 Å². The molecule has 0 aliphatic heterocycles. The van der Waals surface area contributed by atoms with Gasteiger partial charge in [-0.2, -0.15) is 0 Å². The number of halogens is 1. The normalized spacial score (nSPS) is 10.5. The van der Waals surface area contributed by atoms with Crippen LogP contribution in [0, 0.1) is 0 Å². The second kappa shape index (κ2) is 2.70. The van der Waals surface area contributed by atoms with Gasteiger partial charge in [-0.3, -0.25) is 4.40 Å². The van der Waals surface area contributed by atoms with Crippen molar-refractivity contribution in [3.63, 3.8) is 0 Å². The molecule has 5 nitrogen and oxygen atoms in total. The molecule has 0 saturated heterocycles. The molecule has 0 fully saturated rings. The summed E-state index contributed by atoms with van der Waals surface area (Å²) in [4.78, 5) is 18.3. The Balaban J connectivity index is 2.76. The summed E-state index contributed by atoms with van der Waals surface area (Å²) in [5.74, 6) is -0.762. The van der Waals surface area contributed by atoms with Crippen molar-refractivity contribution in [1.29, 1.82) is 0 Å². The topological polar surface area (TPSA) is 67.5 Å². The number of hydrogen-bond donors (Lipinski definition) is 1. The molecular weight excluding hydrogens is 194 g/mol. The molecule has 2 aromatic rings. The molecule has 0 bridgehead atoms. The predicted octanol–water partition coefficient (Wildman–Crippen LogP) is 1.08. The van der Waals surface area contributed by atoms with Gasteiger partial charge in [-0.15, -0.1) is 0 Å². The third-order valence-corrected chi connectivity index (χ3v) is 1.77. The lowest BCUT2D eigenvalue weighted by atomic mass is 10.5. The van der Waals surface area contributed by atoms with Crippen LogP contribution in [-0.4, -0.2) is 25.4 Å². The molecule has 66 valence electrons. The van der Waals surface area contributed by atoms with Crippen molar-refractivity contribution in [3.8, 4) is 0 Å². The van der Waals surface area contributed by atoms with Crippen LogP contribution in [0.15, 0.2) is 18.5 Å². The minimum Gasteiger partial charge on any atom is -0.477 e. The summed E-state index contributed by atoms with van der Waals surface area (Å²) >= 11 is 5.60. The van der Waals surface area contributed by atoms with Crippen LogP contribution in [0.3, 0.4) is 0 Å². The summed E-state index contributed by atoms with van der Waals surface area (Å²) in [5, 5.41) is 9.01. The van der Waals surface area contributed by atoms with Crippen molar-refractivity contribution >= 4 is 23.3 Å². The number of carboxylic acids is 1. The van der Waals surface area contributed by atoms with Gasteiger partial charge in [0.15, 0.2) is 5.69 Å². The van der Waals surface area contributed by atoms with E-state index in [4.69, 9.17) is 16.7 Å². The zero-order valence-electron chi connectivity index (χ0n) is 6.31. The molecule has 0 unspecified atom stereocenters. The molecule has 0 aliphatic carbocycles. The molecule has 0 atom stereocenters. The van der Waals surface area contributed by atoms with E-state index < -0.39 is 5.97 Å². The zero-order chi connectivity index (χ0) is 9.42. The van der Waals surface area contributed by atoms with Gasteiger partial charge in [0.05, 0.1) is 6.20 Å². The molecule has 2 aromatic heterocycles. The molecule has 2 rings (SSSR count). The van der Waals surface area contributed by atoms with E-state index in [1.165, 1.54) is 22.9 Å². The van der Waals surface area contributed by atoms with E-state index >= 15 is 0 Å². The number of hydrogen-bond acceptors (Lipinski definition) is 3. The lowest BCUT2D eigenvalue weighted by Gasteiger charge is -1.94. The fourth-order valence-electron chi connectivity index (χ4n) is 1.01. The van der Waals surface area contributed by atoms with Gasteiger partial charge in [0.2, 0.25) is 5.78 Å². The average molecular weight is 198 g/mol. The number of fused-ring (bicyclic) bond motifs is 1. The molecule has 2 heterocycles. The number of aromatic carboxylic acids is 1. The van der Waals surface area contributed by atoms with Gasteiger partial charge in [0.25, 0.3) is 0 Å². The standard InChI is InChI=1S/C7H4ClN3O2/c8-5-1-2-11-4(6(12)13)3-9-7(11)10-5/h1-3H,(H,12,13). The second-order valence-corrected chi connectivity index (χ2v) is 2.76. The van der Waals surface area contributed by atoms with Gasteiger partial charge in [-0.25, -0.2) is 14.8 Å². The highest BCUT2D eigenvalue weighted by Crippen LogP contribution is 2.08. The van der Waals surface area contributed by atoms with Crippen molar-refractivity contribution in [2.75, 3.05) is 0 Å². The highest BCUT2D eigenvalue weighted by Gasteiger charge is 2.10. The zero-order valence-corrected chi connectivity index (χ0v) is 7.06. The maximum absolute atomic E-state index is 10.6. The van der Waals surface area contributed by atoms with Gasteiger partial charge in [0.1, 0.15) is 5.15 Å². The Hall–Kier alpha value is -1.62. The molecule has 6 heteroatoms. The highest BCUT2D eigenvalue weighted by atomic mass is 35.5. The summed E-state index contributed by atoms with van der Waals surface area (Å²) in [5.41, 5.74) is 0.0687. The molecule has 0 aliphatic rings. The number of aromatic nitrogens is 3. The number of nitrogens with zero attached hydrogens (tertiary/aromatic N) is 3. The fourth-order valence-corrected chi connectivity index (χ4v) is 1.14. The predicted molar refractivity (Wildman–Crippen MR) is 45.0 cm³/mol. The van der Waals surface area contributed by atoms with Crippen molar-refractivity contribution in [2.24, 2.45) is 0 Å². The van der Waals surface area contributed by atoms with Gasteiger partial charge < -0.3 is 5.11 Å². The van der Waals surface area contributed by atoms with Crippen LogP contribution >= 0.6 is 11.6 Å². The van der Waals surface area contributed by atoms with Crippen molar-refractivity contribution in [2.45, 2.75) is 0 Å². The van der Waals surface area contributed by atoms with E-state index in [1.807, 2.05) is 0 Å². The largest absolute Gasteiger partial charge is 0.477 e. The Morgan fingerprint density at radius 3 is 3.08 bits per heavy atom. The van der Waals surface area contributed by atoms with Gasteiger partial charge in [-0.1, -0.05) is 11.6 Å². The van der Waals surface area contributed by atoms with Gasteiger partial charge >= 0.3 is 5.97 Å². The average Bonchev–Trinajstić information content (AvgIpc) is 2.46. The number of carbonyl (C=O) groups is 1. The van der Waals surface area contributed by atoms with E-state index in [1.54, 1.807) is 0 Å². The molecule has 0 spiro atoms. The van der Waals surface area contributed by atoms with Crippen molar-refractivity contribution in [3.05, 3.63) is 29.3 Å². The Bertz CT molecular complexity index is 480. The summed E-state index contributed by atoms with van der Waals surface area (Å²) in [6, 6.07) is 1.50. The van der Waals surface area contributed by atoms with Crippen LogP contribution in [0.4, 0.5) is 0 Å². The molecule has 0 aromatic carbocycles. The highest BCUT2D eigenvalue weighted by molar-refractivity contribution is 6.29. The second-order valence-electron chi connectivity index (χ2n) is 2.37. The summed E-state index contributed by atoms with van der Waals surface area (Å²) in [7, 11) is 0. The number of rotatable bonds is 1. The van der Waals surface area contributed by atoms with Crippen LogP contribution in [0.25, 0.3) is 5.78 Å². The first kappa shape index (κ1) is 8.00. The van der Waals surface area contributed by atoms with Crippen molar-refractivity contribution in [1.82, 2.24) is 14.4 Å². The van der Waals surface area contributed by atoms with Gasteiger partial charge in [0, 0.05) is 6.20 Å². The molecule has 13 heavy (non-hydrogen) atoms. The first-order chi connectivity index (χ1) is 6.18. The molecule has 0 amide bonds. The first-order valence-corrected chi connectivity index (χ1v) is 3.79.